The van der Waals surface area contributed by atoms with Gasteiger partial charge in [-0.1, -0.05) is 25.1 Å². The van der Waals surface area contributed by atoms with E-state index in [0.717, 1.165) is 49.8 Å². The van der Waals surface area contributed by atoms with Gasteiger partial charge in [0.2, 0.25) is 5.91 Å². The Morgan fingerprint density at radius 2 is 1.83 bits per heavy atom. The topological polar surface area (TPSA) is 75.6 Å². The van der Waals surface area contributed by atoms with Gasteiger partial charge >= 0.3 is 5.97 Å². The van der Waals surface area contributed by atoms with Crippen LogP contribution in [0.3, 0.4) is 0 Å². The van der Waals surface area contributed by atoms with Gasteiger partial charge in [-0.3, -0.25) is 4.79 Å². The van der Waals surface area contributed by atoms with Crippen LogP contribution in [-0.4, -0.2) is 23.6 Å². The van der Waals surface area contributed by atoms with Crippen LogP contribution >= 0.6 is 0 Å². The summed E-state index contributed by atoms with van der Waals surface area (Å²) in [4.78, 5) is 25.2. The fourth-order valence-corrected chi connectivity index (χ4v) is 7.75. The SMILES string of the molecule is CCOc1ccc(C(C)(C)NC(=O)C2CC[C@H]3[C@@H]4CCc5cc(C(=O)O)ccc5[C@H]4CC[C@]23C)cc1. The van der Waals surface area contributed by atoms with Gasteiger partial charge in [-0.05, 0) is 123 Å². The van der Waals surface area contributed by atoms with Gasteiger partial charge in [-0.25, -0.2) is 4.79 Å². The van der Waals surface area contributed by atoms with E-state index in [1.54, 1.807) is 6.07 Å². The Hall–Kier alpha value is -2.82. The first-order chi connectivity index (χ1) is 17.1. The van der Waals surface area contributed by atoms with E-state index in [1.165, 1.54) is 11.1 Å². The molecule has 2 saturated carbocycles. The number of ether oxygens (including phenoxy) is 1. The molecule has 0 heterocycles. The zero-order chi connectivity index (χ0) is 25.7. The Labute approximate surface area is 214 Å². The quantitative estimate of drug-likeness (QED) is 0.499. The third-order valence-electron chi connectivity index (χ3n) is 9.61. The highest BCUT2D eigenvalue weighted by molar-refractivity contribution is 5.88. The van der Waals surface area contributed by atoms with E-state index in [2.05, 4.69) is 32.2 Å². The molecule has 1 amide bonds. The van der Waals surface area contributed by atoms with Crippen molar-refractivity contribution in [2.75, 3.05) is 6.61 Å². The molecule has 1 unspecified atom stereocenters. The molecule has 2 aromatic rings. The predicted octanol–water partition coefficient (Wildman–Crippen LogP) is 6.31. The predicted molar refractivity (Wildman–Crippen MR) is 140 cm³/mol. The van der Waals surface area contributed by atoms with Gasteiger partial charge in [0.1, 0.15) is 5.75 Å². The van der Waals surface area contributed by atoms with Crippen molar-refractivity contribution in [3.05, 3.63) is 64.7 Å². The first kappa shape index (κ1) is 24.9. The highest BCUT2D eigenvalue weighted by Crippen LogP contribution is 2.63. The highest BCUT2D eigenvalue weighted by atomic mass is 16.5. The summed E-state index contributed by atoms with van der Waals surface area (Å²) >= 11 is 0. The van der Waals surface area contributed by atoms with Crippen LogP contribution < -0.4 is 10.1 Å². The molecule has 0 radical (unpaired) electrons. The van der Waals surface area contributed by atoms with Gasteiger partial charge in [0.25, 0.3) is 0 Å². The second kappa shape index (κ2) is 9.24. The second-order valence-corrected chi connectivity index (χ2v) is 11.9. The third-order valence-corrected chi connectivity index (χ3v) is 9.61. The van der Waals surface area contributed by atoms with Crippen molar-refractivity contribution in [3.8, 4) is 5.75 Å². The average Bonchev–Trinajstić information content (AvgIpc) is 3.21. The lowest BCUT2D eigenvalue weighted by Crippen LogP contribution is -2.50. The number of hydrogen-bond donors (Lipinski definition) is 2. The van der Waals surface area contributed by atoms with E-state index >= 15 is 0 Å². The van der Waals surface area contributed by atoms with Crippen LogP contribution in [0.1, 0.15) is 92.8 Å². The van der Waals surface area contributed by atoms with E-state index in [-0.39, 0.29) is 17.2 Å². The second-order valence-electron chi connectivity index (χ2n) is 11.9. The molecule has 3 aliphatic carbocycles. The van der Waals surface area contributed by atoms with Gasteiger partial charge < -0.3 is 15.2 Å². The van der Waals surface area contributed by atoms with Crippen molar-refractivity contribution < 1.29 is 19.4 Å². The number of hydrogen-bond acceptors (Lipinski definition) is 3. The van der Waals surface area contributed by atoms with E-state index < -0.39 is 11.5 Å². The van der Waals surface area contributed by atoms with Gasteiger partial charge in [0, 0.05) is 5.92 Å². The van der Waals surface area contributed by atoms with Crippen LogP contribution in [0.2, 0.25) is 0 Å². The number of aryl methyl sites for hydroxylation is 1. The van der Waals surface area contributed by atoms with E-state index in [0.29, 0.717) is 29.9 Å². The zero-order valence-corrected chi connectivity index (χ0v) is 22.0. The largest absolute Gasteiger partial charge is 0.494 e. The number of benzene rings is 2. The summed E-state index contributed by atoms with van der Waals surface area (Å²) in [7, 11) is 0. The molecule has 36 heavy (non-hydrogen) atoms. The molecule has 0 saturated heterocycles. The fraction of sp³-hybridized carbons (Fsp3) is 0.548. The van der Waals surface area contributed by atoms with Gasteiger partial charge in [-0.15, -0.1) is 0 Å². The minimum absolute atomic E-state index is 0.0126. The molecule has 0 bridgehead atoms. The number of carboxylic acids is 1. The van der Waals surface area contributed by atoms with Crippen LogP contribution in [0.15, 0.2) is 42.5 Å². The molecule has 5 rings (SSSR count). The first-order valence-corrected chi connectivity index (χ1v) is 13.6. The summed E-state index contributed by atoms with van der Waals surface area (Å²) in [5.41, 5.74) is 3.58. The first-order valence-electron chi connectivity index (χ1n) is 13.6. The van der Waals surface area contributed by atoms with Crippen LogP contribution in [0.4, 0.5) is 0 Å². The molecule has 2 aromatic carbocycles. The monoisotopic (exact) mass is 489 g/mol. The molecule has 5 nitrogen and oxygen atoms in total. The van der Waals surface area contributed by atoms with E-state index in [4.69, 9.17) is 4.74 Å². The summed E-state index contributed by atoms with van der Waals surface area (Å²) in [6.07, 6.45) is 6.19. The highest BCUT2D eigenvalue weighted by Gasteiger charge is 2.57. The third kappa shape index (κ3) is 4.21. The Morgan fingerprint density at radius 3 is 2.53 bits per heavy atom. The summed E-state index contributed by atoms with van der Waals surface area (Å²) in [5, 5.41) is 12.8. The van der Waals surface area contributed by atoms with Crippen LogP contribution in [0.5, 0.6) is 5.75 Å². The minimum Gasteiger partial charge on any atom is -0.494 e. The van der Waals surface area contributed by atoms with Crippen molar-refractivity contribution in [1.29, 1.82) is 0 Å². The summed E-state index contributed by atoms with van der Waals surface area (Å²) in [5.74, 6) is 1.79. The van der Waals surface area contributed by atoms with E-state index in [1.807, 2.05) is 37.3 Å². The number of aromatic carboxylic acids is 1. The van der Waals surface area contributed by atoms with Crippen LogP contribution in [0.25, 0.3) is 0 Å². The molecular formula is C31H39NO4. The lowest BCUT2D eigenvalue weighted by Gasteiger charge is -2.51. The zero-order valence-electron chi connectivity index (χ0n) is 22.0. The summed E-state index contributed by atoms with van der Waals surface area (Å²) < 4.78 is 5.58. The smallest absolute Gasteiger partial charge is 0.335 e. The number of fused-ring (bicyclic) bond motifs is 5. The molecule has 192 valence electrons. The Balaban J connectivity index is 1.31. The standard InChI is InChI=1S/C31H39NO4/c1-5-36-22-10-8-21(9-11-22)30(2,3)32-28(33)27-15-14-26-25-13-6-19-18-20(29(34)35)7-12-23(19)24(25)16-17-31(26,27)4/h7-12,18,24-27H,5-6,13-17H2,1-4H3,(H,32,33)(H,34,35)/t24-,25-,26+,27?,31+/m1/s1. The van der Waals surface area contributed by atoms with Crippen LogP contribution in [-0.2, 0) is 16.8 Å². The fourth-order valence-electron chi connectivity index (χ4n) is 7.75. The van der Waals surface area contributed by atoms with Crippen LogP contribution in [0, 0.1) is 23.2 Å². The van der Waals surface area contributed by atoms with Crippen molar-refractivity contribution in [2.45, 2.75) is 77.7 Å². The van der Waals surface area contributed by atoms with Gasteiger partial charge in [0.15, 0.2) is 0 Å². The lowest BCUT2D eigenvalue weighted by atomic mass is 9.54. The minimum atomic E-state index is -0.853. The number of nitrogens with one attached hydrogen (secondary N) is 1. The Morgan fingerprint density at radius 1 is 1.08 bits per heavy atom. The molecular weight excluding hydrogens is 450 g/mol. The Kier molecular flexibility index (Phi) is 6.38. The molecule has 0 spiro atoms. The molecule has 5 atom stereocenters. The Bertz CT molecular complexity index is 1150. The number of carboxylic acid groups (broad SMARTS) is 1. The lowest BCUT2D eigenvalue weighted by molar-refractivity contribution is -0.132. The summed E-state index contributed by atoms with van der Waals surface area (Å²) in [6.45, 7) is 9.13. The molecule has 0 aliphatic heterocycles. The number of rotatable bonds is 6. The van der Waals surface area contributed by atoms with Gasteiger partial charge in [-0.2, -0.15) is 0 Å². The molecule has 0 aromatic heterocycles. The maximum absolute atomic E-state index is 13.7. The molecule has 3 aliphatic rings. The van der Waals surface area contributed by atoms with E-state index in [9.17, 15) is 14.7 Å². The van der Waals surface area contributed by atoms with Gasteiger partial charge in [0.05, 0.1) is 17.7 Å². The van der Waals surface area contributed by atoms with Crippen molar-refractivity contribution in [3.63, 3.8) is 0 Å². The van der Waals surface area contributed by atoms with Crippen molar-refractivity contribution in [2.24, 2.45) is 23.2 Å². The molecule has 2 N–H and O–H groups in total. The average molecular weight is 490 g/mol. The molecule has 5 heteroatoms. The number of carbonyl (C=O) groups is 2. The molecule has 2 fully saturated rings. The van der Waals surface area contributed by atoms with Crippen molar-refractivity contribution in [1.82, 2.24) is 5.32 Å². The summed E-state index contributed by atoms with van der Waals surface area (Å²) in [6, 6.07) is 13.8. The maximum atomic E-state index is 13.7. The van der Waals surface area contributed by atoms with Crippen molar-refractivity contribution >= 4 is 11.9 Å². The maximum Gasteiger partial charge on any atom is 0.335 e. The number of carbonyl (C=O) groups excluding carboxylic acids is 1. The number of amides is 1. The normalized spacial score (nSPS) is 29.0.